The molecule has 0 spiro atoms. The minimum atomic E-state index is -4.77. The highest BCUT2D eigenvalue weighted by Crippen LogP contribution is 2.65. The number of alkyl halides is 3. The molecular weight excluding hydrogens is 567 g/mol. The quantitative estimate of drug-likeness (QED) is 0.348. The second-order valence-corrected chi connectivity index (χ2v) is 14.1. The number of rotatable bonds is 10. The molecule has 0 aromatic rings. The van der Waals surface area contributed by atoms with Crippen LogP contribution in [0.4, 0.5) is 13.2 Å². The van der Waals surface area contributed by atoms with Crippen molar-refractivity contribution >= 4 is 23.6 Å². The number of piperidine rings is 2. The number of nitrogens with zero attached hydrogens (tertiary/aromatic N) is 2. The zero-order chi connectivity index (χ0) is 31.5. The molecule has 5 fully saturated rings. The summed E-state index contributed by atoms with van der Waals surface area (Å²) in [6.07, 6.45) is -3.20. The van der Waals surface area contributed by atoms with Gasteiger partial charge in [-0.25, -0.2) is 0 Å². The van der Waals surface area contributed by atoms with Crippen LogP contribution >= 0.6 is 0 Å². The average Bonchev–Trinajstić information content (AvgIpc) is 3.65. The second kappa shape index (κ2) is 10.9. The Hall–Kier alpha value is -2.88. The highest BCUT2D eigenvalue weighted by atomic mass is 19.4. The number of hydrogen-bond donors (Lipinski definition) is 3. The number of nitrogens with one attached hydrogen (secondary N) is 3. The first kappa shape index (κ1) is 31.5. The fourth-order valence-electron chi connectivity index (χ4n) is 7.38. The third kappa shape index (κ3) is 5.71. The smallest absolute Gasteiger partial charge is 0.370 e. The molecule has 0 bridgehead atoms. The van der Waals surface area contributed by atoms with Gasteiger partial charge in [0.25, 0.3) is 0 Å². The largest absolute Gasteiger partial charge is 0.403 e. The Morgan fingerprint density at radius 3 is 2.35 bits per heavy atom. The van der Waals surface area contributed by atoms with E-state index in [0.29, 0.717) is 13.0 Å². The van der Waals surface area contributed by atoms with Gasteiger partial charge in [0.15, 0.2) is 0 Å². The van der Waals surface area contributed by atoms with Crippen molar-refractivity contribution in [2.75, 3.05) is 13.1 Å². The molecule has 4 amide bonds. The standard InChI is InChI=1S/C30H42F3N5O5/c1-16(43-28(4)10-11-28)21(37-26(42)29(8-6-9-29)30(31,32)33)25(41)38-15-19-20(27(19,2)3)22(38)24(40)36-18(14-34)13-17-7-5-12-35-23(17)39/h16-22H,5-13,15H2,1-4H3,(H,35,39)(H,36,40)(H,37,42). The van der Waals surface area contributed by atoms with Crippen LogP contribution in [0.3, 0.4) is 0 Å². The van der Waals surface area contributed by atoms with Crippen molar-refractivity contribution in [2.45, 2.75) is 115 Å². The summed E-state index contributed by atoms with van der Waals surface area (Å²) in [5.74, 6) is -3.31. The molecule has 238 valence electrons. The monoisotopic (exact) mass is 609 g/mol. The lowest BCUT2D eigenvalue weighted by atomic mass is 9.67. The van der Waals surface area contributed by atoms with Crippen LogP contribution in [0, 0.1) is 39.9 Å². The number of fused-ring (bicyclic) bond motifs is 1. The average molecular weight is 610 g/mol. The van der Waals surface area contributed by atoms with Crippen LogP contribution in [-0.2, 0) is 23.9 Å². The first-order valence-corrected chi connectivity index (χ1v) is 15.4. The molecule has 3 aliphatic carbocycles. The van der Waals surface area contributed by atoms with Crippen LogP contribution in [0.1, 0.15) is 79.1 Å². The van der Waals surface area contributed by atoms with E-state index in [1.165, 1.54) is 4.90 Å². The Bertz CT molecular complexity index is 1210. The lowest BCUT2D eigenvalue weighted by molar-refractivity contribution is -0.244. The van der Waals surface area contributed by atoms with Gasteiger partial charge in [-0.3, -0.25) is 19.2 Å². The van der Waals surface area contributed by atoms with E-state index in [9.17, 15) is 37.6 Å². The number of likely N-dealkylation sites (tertiary alicyclic amines) is 1. The molecule has 2 saturated heterocycles. The summed E-state index contributed by atoms with van der Waals surface area (Å²) in [7, 11) is 0. The van der Waals surface area contributed by atoms with Gasteiger partial charge >= 0.3 is 6.18 Å². The van der Waals surface area contributed by atoms with Crippen molar-refractivity contribution in [1.82, 2.24) is 20.9 Å². The van der Waals surface area contributed by atoms with Gasteiger partial charge in [-0.2, -0.15) is 18.4 Å². The maximum absolute atomic E-state index is 14.2. The molecule has 10 nitrogen and oxygen atoms in total. The van der Waals surface area contributed by atoms with Gasteiger partial charge in [0.05, 0.1) is 17.8 Å². The molecule has 0 aromatic heterocycles. The van der Waals surface area contributed by atoms with Crippen molar-refractivity contribution in [3.05, 3.63) is 0 Å². The second-order valence-electron chi connectivity index (χ2n) is 14.1. The Morgan fingerprint density at radius 2 is 1.81 bits per heavy atom. The van der Waals surface area contributed by atoms with E-state index in [4.69, 9.17) is 4.74 Å². The number of halogens is 3. The molecule has 3 saturated carbocycles. The summed E-state index contributed by atoms with van der Waals surface area (Å²) < 4.78 is 48.1. The molecule has 43 heavy (non-hydrogen) atoms. The van der Waals surface area contributed by atoms with Gasteiger partial charge in [-0.05, 0) is 76.0 Å². The summed E-state index contributed by atoms with van der Waals surface area (Å²) in [6.45, 7) is 8.14. The minimum Gasteiger partial charge on any atom is -0.370 e. The topological polar surface area (TPSA) is 141 Å². The first-order chi connectivity index (χ1) is 20.0. The summed E-state index contributed by atoms with van der Waals surface area (Å²) in [5, 5.41) is 17.7. The predicted octanol–water partition coefficient (Wildman–Crippen LogP) is 2.57. The number of carbonyl (C=O) groups is 4. The van der Waals surface area contributed by atoms with E-state index >= 15 is 0 Å². The fourth-order valence-corrected chi connectivity index (χ4v) is 7.38. The predicted molar refractivity (Wildman–Crippen MR) is 147 cm³/mol. The van der Waals surface area contributed by atoms with Crippen molar-refractivity contribution in [3.8, 4) is 6.07 Å². The number of amides is 4. The molecule has 7 atom stereocenters. The van der Waals surface area contributed by atoms with Crippen LogP contribution < -0.4 is 16.0 Å². The van der Waals surface area contributed by atoms with Crippen LogP contribution in [0.2, 0.25) is 0 Å². The maximum atomic E-state index is 14.2. The summed E-state index contributed by atoms with van der Waals surface area (Å²) in [4.78, 5) is 54.7. The van der Waals surface area contributed by atoms with Gasteiger partial charge in [0.2, 0.25) is 23.6 Å². The maximum Gasteiger partial charge on any atom is 0.403 e. The lowest BCUT2D eigenvalue weighted by Gasteiger charge is -2.43. The molecular formula is C30H42F3N5O5. The van der Waals surface area contributed by atoms with Crippen LogP contribution in [0.25, 0.3) is 0 Å². The molecule has 0 radical (unpaired) electrons. The van der Waals surface area contributed by atoms with E-state index < -0.39 is 65.1 Å². The Balaban J connectivity index is 1.36. The molecule has 7 unspecified atom stereocenters. The Labute approximate surface area is 249 Å². The van der Waals surface area contributed by atoms with E-state index in [1.807, 2.05) is 20.8 Å². The van der Waals surface area contributed by atoms with Crippen molar-refractivity contribution in [1.29, 1.82) is 5.26 Å². The molecule has 13 heteroatoms. The highest BCUT2D eigenvalue weighted by molar-refractivity contribution is 5.95. The highest BCUT2D eigenvalue weighted by Gasteiger charge is 2.70. The SMILES string of the molecule is CC(OC1(C)CC1)C(NC(=O)C1(C(F)(F)F)CCC1)C(=O)N1CC2C(C1C(=O)NC(C#N)CC1CCCNC1=O)C2(C)C. The summed E-state index contributed by atoms with van der Waals surface area (Å²) >= 11 is 0. The van der Waals surface area contributed by atoms with Crippen molar-refractivity contribution in [3.63, 3.8) is 0 Å². The molecule has 2 heterocycles. The van der Waals surface area contributed by atoms with Crippen LogP contribution in [-0.4, -0.2) is 77.6 Å². The molecule has 0 aromatic carbocycles. The van der Waals surface area contributed by atoms with Gasteiger partial charge in [0.1, 0.15) is 23.5 Å². The van der Waals surface area contributed by atoms with Gasteiger partial charge in [-0.15, -0.1) is 0 Å². The summed E-state index contributed by atoms with van der Waals surface area (Å²) in [6, 6.07) is -1.31. The lowest BCUT2D eigenvalue weighted by Crippen LogP contribution is -2.63. The molecule has 3 N–H and O–H groups in total. The fraction of sp³-hybridized carbons (Fsp3) is 0.833. The van der Waals surface area contributed by atoms with Crippen molar-refractivity contribution in [2.24, 2.45) is 28.6 Å². The van der Waals surface area contributed by atoms with E-state index in [0.717, 1.165) is 19.3 Å². The third-order valence-corrected chi connectivity index (χ3v) is 10.8. The third-order valence-electron chi connectivity index (χ3n) is 10.8. The van der Waals surface area contributed by atoms with Crippen molar-refractivity contribution < 1.29 is 37.1 Å². The van der Waals surface area contributed by atoms with E-state index in [-0.39, 0.29) is 55.4 Å². The van der Waals surface area contributed by atoms with Gasteiger partial charge in [0, 0.05) is 19.0 Å². The zero-order valence-corrected chi connectivity index (χ0v) is 25.2. The number of carbonyl (C=O) groups excluding carboxylic acids is 4. The first-order valence-electron chi connectivity index (χ1n) is 15.4. The Morgan fingerprint density at radius 1 is 1.14 bits per heavy atom. The molecule has 2 aliphatic heterocycles. The number of ether oxygens (including phenoxy) is 1. The van der Waals surface area contributed by atoms with Crippen LogP contribution in [0.5, 0.6) is 0 Å². The van der Waals surface area contributed by atoms with Gasteiger partial charge < -0.3 is 25.6 Å². The van der Waals surface area contributed by atoms with E-state index in [1.54, 1.807) is 6.92 Å². The van der Waals surface area contributed by atoms with E-state index in [2.05, 4.69) is 22.0 Å². The molecule has 5 rings (SSSR count). The number of hydrogen-bond acceptors (Lipinski definition) is 6. The summed E-state index contributed by atoms with van der Waals surface area (Å²) in [5.41, 5.74) is -3.34. The van der Waals surface area contributed by atoms with Gasteiger partial charge in [-0.1, -0.05) is 20.3 Å². The minimum absolute atomic E-state index is 0.0291. The normalized spacial score (nSPS) is 31.7. The molecule has 5 aliphatic rings. The number of nitriles is 1. The zero-order valence-electron chi connectivity index (χ0n) is 25.2. The van der Waals surface area contributed by atoms with Crippen LogP contribution in [0.15, 0.2) is 0 Å². The Kier molecular flexibility index (Phi) is 8.02.